The van der Waals surface area contributed by atoms with Crippen LogP contribution in [0.15, 0.2) is 21.5 Å². The summed E-state index contributed by atoms with van der Waals surface area (Å²) in [6, 6.07) is -2.05. The Kier molecular flexibility index (Phi) is 8.58. The fourth-order valence-electron chi connectivity index (χ4n) is 3.32. The number of ether oxygens (including phenoxy) is 3. The number of hydrogen-bond acceptors (Lipinski definition) is 13. The minimum Gasteiger partial charge on any atom is -0.427 e. The Labute approximate surface area is 215 Å². The summed E-state index contributed by atoms with van der Waals surface area (Å²) >= 11 is 2.36. The molecule has 0 saturated carbocycles. The lowest BCUT2D eigenvalue weighted by molar-refractivity contribution is -0.179. The number of anilines is 1. The number of rotatable bonds is 9. The number of carbonyl (C=O) groups is 4. The van der Waals surface area contributed by atoms with E-state index in [1.807, 2.05) is 0 Å². The third-order valence-corrected chi connectivity index (χ3v) is 6.95. The lowest BCUT2D eigenvalue weighted by atomic mass is 9.97. The van der Waals surface area contributed by atoms with Crippen molar-refractivity contribution in [1.29, 1.82) is 0 Å². The van der Waals surface area contributed by atoms with E-state index in [2.05, 4.69) is 15.5 Å². The lowest BCUT2D eigenvalue weighted by Crippen LogP contribution is -2.74. The molecule has 3 rings (SSSR count). The Hall–Kier alpha value is -3.17. The molecule has 1 fully saturated rings. The number of β-lactam (4-membered cyclic amide) rings is 1. The Balaban J connectivity index is 1.72. The zero-order chi connectivity index (χ0) is 26.6. The monoisotopic (exact) mass is 541 g/mol. The van der Waals surface area contributed by atoms with Gasteiger partial charge >= 0.3 is 11.9 Å². The van der Waals surface area contributed by atoms with Crippen molar-refractivity contribution < 1.29 is 38.2 Å². The number of nitrogens with zero attached hydrogens (tertiary/aromatic N) is 3. The van der Waals surface area contributed by atoms with Crippen LogP contribution in [0.4, 0.5) is 5.13 Å². The lowest BCUT2D eigenvalue weighted by Gasteiger charge is -2.51. The number of nitrogen functional groups attached to an aromatic ring is 1. The number of nitrogens with two attached hydrogens (primary N) is 1. The number of thioether (sulfide) groups is 1. The molecule has 0 bridgehead atoms. The first-order valence-electron chi connectivity index (χ1n) is 10.6. The van der Waals surface area contributed by atoms with Crippen LogP contribution in [0, 0.1) is 5.41 Å². The minimum atomic E-state index is -1.10. The topological polar surface area (TPSA) is 172 Å². The molecule has 0 aromatic carbocycles. The first-order chi connectivity index (χ1) is 17.0. The highest BCUT2D eigenvalue weighted by Crippen LogP contribution is 2.40. The summed E-state index contributed by atoms with van der Waals surface area (Å²) in [5.74, 6) is -2.53. The van der Waals surface area contributed by atoms with E-state index in [4.69, 9.17) is 24.8 Å². The van der Waals surface area contributed by atoms with Crippen molar-refractivity contribution in [3.63, 3.8) is 0 Å². The van der Waals surface area contributed by atoms with E-state index in [1.54, 1.807) is 26.2 Å². The fourth-order valence-corrected chi connectivity index (χ4v) is 5.08. The Morgan fingerprint density at radius 3 is 2.56 bits per heavy atom. The van der Waals surface area contributed by atoms with Gasteiger partial charge in [-0.3, -0.25) is 14.4 Å². The standard InChI is InChI=1S/C21H27N5O8S2/c1-21(2,3)19(30)34-9-33-18(29)14-10(6-31-4)7-35-17-13(16(28)26(14)17)24-15(27)12(25-32-5)11-8-36-20(22)23-11/h7-8,13-14,17H,6,9H2,1-5H3,(H2,22,23)(H,24,27)/b25-12-/t13-,14-,17-/m1/s1. The van der Waals surface area contributed by atoms with Gasteiger partial charge in [0.1, 0.15) is 24.2 Å². The van der Waals surface area contributed by atoms with E-state index in [-0.39, 0.29) is 23.1 Å². The highest BCUT2D eigenvalue weighted by atomic mass is 32.2. The summed E-state index contributed by atoms with van der Waals surface area (Å²) in [5, 5.41) is 9.20. The molecule has 1 saturated heterocycles. The van der Waals surface area contributed by atoms with Crippen LogP contribution in [-0.2, 0) is 38.2 Å². The smallest absolute Gasteiger partial charge is 0.336 e. The summed E-state index contributed by atoms with van der Waals surface area (Å²) in [6.45, 7) is 4.47. The molecule has 0 aliphatic carbocycles. The van der Waals surface area contributed by atoms with Crippen LogP contribution in [0.2, 0.25) is 0 Å². The number of aromatic nitrogens is 1. The number of esters is 2. The third-order valence-electron chi connectivity index (χ3n) is 5.05. The van der Waals surface area contributed by atoms with Crippen molar-refractivity contribution in [3.05, 3.63) is 22.1 Å². The fraction of sp³-hybridized carbons (Fsp3) is 0.524. The highest BCUT2D eigenvalue weighted by molar-refractivity contribution is 8.03. The maximum Gasteiger partial charge on any atom is 0.336 e. The van der Waals surface area contributed by atoms with E-state index in [0.29, 0.717) is 5.57 Å². The molecule has 3 N–H and O–H groups in total. The molecule has 0 spiro atoms. The average Bonchev–Trinajstić information content (AvgIpc) is 3.25. The van der Waals surface area contributed by atoms with Crippen molar-refractivity contribution in [2.45, 2.75) is 38.2 Å². The van der Waals surface area contributed by atoms with Gasteiger partial charge < -0.3 is 35.0 Å². The highest BCUT2D eigenvalue weighted by Gasteiger charge is 2.56. The quantitative estimate of drug-likeness (QED) is 0.146. The maximum atomic E-state index is 13.1. The van der Waals surface area contributed by atoms with Crippen molar-refractivity contribution in [2.75, 3.05) is 33.4 Å². The second-order valence-electron chi connectivity index (χ2n) is 8.71. The van der Waals surface area contributed by atoms with Gasteiger partial charge in [0.15, 0.2) is 16.9 Å². The summed E-state index contributed by atoms with van der Waals surface area (Å²) < 4.78 is 15.3. The van der Waals surface area contributed by atoms with Gasteiger partial charge in [-0.25, -0.2) is 9.78 Å². The molecule has 196 valence electrons. The predicted molar refractivity (Wildman–Crippen MR) is 130 cm³/mol. The summed E-state index contributed by atoms with van der Waals surface area (Å²) in [6.07, 6.45) is 0. The van der Waals surface area contributed by atoms with Gasteiger partial charge in [0.25, 0.3) is 5.91 Å². The van der Waals surface area contributed by atoms with Crippen LogP contribution >= 0.6 is 23.1 Å². The molecule has 36 heavy (non-hydrogen) atoms. The molecule has 3 atom stereocenters. The van der Waals surface area contributed by atoms with E-state index in [9.17, 15) is 19.2 Å². The number of fused-ring (bicyclic) bond motifs is 1. The molecule has 1 aromatic rings. The zero-order valence-corrected chi connectivity index (χ0v) is 21.9. The molecule has 13 nitrogen and oxygen atoms in total. The average molecular weight is 542 g/mol. The molecule has 15 heteroatoms. The van der Waals surface area contributed by atoms with Crippen molar-refractivity contribution in [1.82, 2.24) is 15.2 Å². The van der Waals surface area contributed by atoms with Gasteiger partial charge in [0.2, 0.25) is 12.7 Å². The minimum absolute atomic E-state index is 0.0674. The van der Waals surface area contributed by atoms with Gasteiger partial charge in [0.05, 0.1) is 12.0 Å². The second-order valence-corrected chi connectivity index (χ2v) is 10.6. The van der Waals surface area contributed by atoms with Crippen LogP contribution in [0.1, 0.15) is 26.5 Å². The number of amides is 2. The first kappa shape index (κ1) is 27.4. The molecular weight excluding hydrogens is 514 g/mol. The normalized spacial score (nSPS) is 21.6. The van der Waals surface area contributed by atoms with Crippen molar-refractivity contribution in [2.24, 2.45) is 10.6 Å². The van der Waals surface area contributed by atoms with Crippen LogP contribution in [0.5, 0.6) is 0 Å². The van der Waals surface area contributed by atoms with E-state index in [0.717, 1.165) is 11.3 Å². The molecule has 2 aliphatic heterocycles. The number of hydrogen-bond donors (Lipinski definition) is 2. The van der Waals surface area contributed by atoms with Crippen LogP contribution in [0.25, 0.3) is 0 Å². The van der Waals surface area contributed by atoms with Crippen molar-refractivity contribution in [3.8, 4) is 0 Å². The summed E-state index contributed by atoms with van der Waals surface area (Å²) in [7, 11) is 2.72. The molecule has 3 heterocycles. The van der Waals surface area contributed by atoms with Crippen molar-refractivity contribution >= 4 is 57.7 Å². The van der Waals surface area contributed by atoms with Crippen LogP contribution in [-0.4, -0.2) is 84.4 Å². The van der Waals surface area contributed by atoms with Crippen LogP contribution < -0.4 is 11.1 Å². The summed E-state index contributed by atoms with van der Waals surface area (Å²) in [5.41, 5.74) is 5.41. The molecule has 2 amide bonds. The third kappa shape index (κ3) is 5.79. The number of oxime groups is 1. The maximum absolute atomic E-state index is 13.1. The van der Waals surface area contributed by atoms with Gasteiger partial charge in [-0.1, -0.05) is 5.16 Å². The van der Waals surface area contributed by atoms with Gasteiger partial charge in [-0.2, -0.15) is 0 Å². The van der Waals surface area contributed by atoms with E-state index in [1.165, 1.54) is 36.3 Å². The van der Waals surface area contributed by atoms with Gasteiger partial charge in [0, 0.05) is 12.5 Å². The second kappa shape index (κ2) is 11.3. The molecule has 2 aliphatic rings. The SMILES string of the molecule is COCC1=CS[C@@H]2[C@H](NC(=O)/C(=N\OC)c3csc(N)n3)C(=O)N2[C@H]1C(=O)OCOC(=O)C(C)(C)C. The van der Waals surface area contributed by atoms with Gasteiger partial charge in [-0.05, 0) is 31.8 Å². The largest absolute Gasteiger partial charge is 0.427 e. The van der Waals surface area contributed by atoms with E-state index < -0.39 is 53.4 Å². The zero-order valence-electron chi connectivity index (χ0n) is 20.3. The Bertz CT molecular complexity index is 1100. The Morgan fingerprint density at radius 2 is 1.97 bits per heavy atom. The molecule has 0 unspecified atom stereocenters. The summed E-state index contributed by atoms with van der Waals surface area (Å²) in [4.78, 5) is 60.9. The van der Waals surface area contributed by atoms with E-state index >= 15 is 0 Å². The molecule has 0 radical (unpaired) electrons. The number of nitrogens with one attached hydrogen (secondary N) is 1. The number of carbonyl (C=O) groups excluding carboxylic acids is 4. The predicted octanol–water partition coefficient (Wildman–Crippen LogP) is 0.465. The molecule has 1 aromatic heterocycles. The Morgan fingerprint density at radius 1 is 1.25 bits per heavy atom. The number of methoxy groups -OCH3 is 1. The first-order valence-corrected chi connectivity index (χ1v) is 12.4. The van der Waals surface area contributed by atoms with Crippen LogP contribution in [0.3, 0.4) is 0 Å². The number of thiazole rings is 1. The van der Waals surface area contributed by atoms with Gasteiger partial charge in [-0.15, -0.1) is 23.1 Å². The molecular formula is C21H27N5O8S2.